The van der Waals surface area contributed by atoms with Crippen LogP contribution in [0.2, 0.25) is 0 Å². The van der Waals surface area contributed by atoms with E-state index in [1.54, 1.807) is 0 Å². The lowest BCUT2D eigenvalue weighted by Crippen LogP contribution is -2.46. The largest absolute Gasteiger partial charge is 0.481 e. The van der Waals surface area contributed by atoms with Gasteiger partial charge in [0.1, 0.15) is 0 Å². The first kappa shape index (κ1) is 17.9. The van der Waals surface area contributed by atoms with Crippen LogP contribution in [0.4, 0.5) is 0 Å². The summed E-state index contributed by atoms with van der Waals surface area (Å²) in [5.41, 5.74) is 1.12. The number of nitrogens with zero attached hydrogens (tertiary/aromatic N) is 2. The van der Waals surface area contributed by atoms with E-state index in [9.17, 15) is 14.7 Å². The van der Waals surface area contributed by atoms with Gasteiger partial charge in [0, 0.05) is 44.6 Å². The van der Waals surface area contributed by atoms with Crippen LogP contribution < -0.4 is 0 Å². The van der Waals surface area contributed by atoms with Crippen molar-refractivity contribution in [3.8, 4) is 0 Å². The number of amides is 1. The predicted molar refractivity (Wildman–Crippen MR) is 96.4 cm³/mol. The molecule has 0 radical (unpaired) electrons. The van der Waals surface area contributed by atoms with E-state index in [2.05, 4.69) is 4.90 Å². The van der Waals surface area contributed by atoms with Crippen LogP contribution in [0.1, 0.15) is 44.1 Å². The number of carboxylic acid groups (broad SMARTS) is 1. The summed E-state index contributed by atoms with van der Waals surface area (Å²) in [5.74, 6) is -0.736. The molecule has 1 aromatic carbocycles. The summed E-state index contributed by atoms with van der Waals surface area (Å²) in [4.78, 5) is 28.1. The summed E-state index contributed by atoms with van der Waals surface area (Å²) in [6, 6.07) is 10.4. The smallest absolute Gasteiger partial charge is 0.308 e. The molecule has 2 fully saturated rings. The van der Waals surface area contributed by atoms with E-state index in [0.717, 1.165) is 44.5 Å². The standard InChI is InChI=1S/C20H28N2O3/c1-2-6-19(23)21-11-9-16(10-12-21)22-13-17(18(14-22)20(24)25)15-7-4-3-5-8-15/h3-5,7-8,16-18H,2,6,9-14H2,1H3,(H,24,25)/t17-,18+/m0/s1. The van der Waals surface area contributed by atoms with Crippen LogP contribution in [-0.2, 0) is 9.59 Å². The number of rotatable bonds is 5. The van der Waals surface area contributed by atoms with Crippen molar-refractivity contribution >= 4 is 11.9 Å². The van der Waals surface area contributed by atoms with Gasteiger partial charge in [0.2, 0.25) is 5.91 Å². The molecule has 1 aromatic rings. The highest BCUT2D eigenvalue weighted by Gasteiger charge is 2.41. The summed E-state index contributed by atoms with van der Waals surface area (Å²) in [5, 5.41) is 9.66. The third-order valence-electron chi connectivity index (χ3n) is 5.69. The van der Waals surface area contributed by atoms with E-state index in [4.69, 9.17) is 0 Å². The fourth-order valence-corrected chi connectivity index (χ4v) is 4.27. The van der Waals surface area contributed by atoms with Gasteiger partial charge in [-0.2, -0.15) is 0 Å². The molecule has 2 aliphatic heterocycles. The molecule has 3 rings (SSSR count). The Morgan fingerprint density at radius 2 is 1.80 bits per heavy atom. The first-order chi connectivity index (χ1) is 12.1. The van der Waals surface area contributed by atoms with Gasteiger partial charge in [0.05, 0.1) is 5.92 Å². The average Bonchev–Trinajstić information content (AvgIpc) is 3.08. The van der Waals surface area contributed by atoms with Crippen molar-refractivity contribution in [2.45, 2.75) is 44.6 Å². The number of likely N-dealkylation sites (tertiary alicyclic amines) is 2. The number of benzene rings is 1. The van der Waals surface area contributed by atoms with Crippen LogP contribution in [0.3, 0.4) is 0 Å². The Bertz CT molecular complexity index is 596. The van der Waals surface area contributed by atoms with Crippen LogP contribution in [0, 0.1) is 5.92 Å². The highest BCUT2D eigenvalue weighted by atomic mass is 16.4. The lowest BCUT2D eigenvalue weighted by molar-refractivity contribution is -0.141. The van der Waals surface area contributed by atoms with Crippen molar-refractivity contribution in [3.05, 3.63) is 35.9 Å². The van der Waals surface area contributed by atoms with Crippen molar-refractivity contribution in [3.63, 3.8) is 0 Å². The van der Waals surface area contributed by atoms with Gasteiger partial charge in [0.25, 0.3) is 0 Å². The second-order valence-corrected chi connectivity index (χ2v) is 7.28. The number of carbonyl (C=O) groups excluding carboxylic acids is 1. The molecule has 1 amide bonds. The third kappa shape index (κ3) is 4.03. The predicted octanol–water partition coefficient (Wildman–Crippen LogP) is 2.58. The minimum Gasteiger partial charge on any atom is -0.481 e. The number of aliphatic carboxylic acids is 1. The maximum absolute atomic E-state index is 12.0. The first-order valence-corrected chi connectivity index (χ1v) is 9.39. The Morgan fingerprint density at radius 1 is 1.12 bits per heavy atom. The van der Waals surface area contributed by atoms with Crippen LogP contribution in [0.25, 0.3) is 0 Å². The minimum absolute atomic E-state index is 0.0541. The number of hydrogen-bond donors (Lipinski definition) is 1. The molecule has 5 nitrogen and oxygen atoms in total. The molecule has 136 valence electrons. The molecule has 1 N–H and O–H groups in total. The lowest BCUT2D eigenvalue weighted by atomic mass is 9.89. The number of hydrogen-bond acceptors (Lipinski definition) is 3. The van der Waals surface area contributed by atoms with E-state index in [1.807, 2.05) is 42.2 Å². The van der Waals surface area contributed by atoms with E-state index < -0.39 is 5.97 Å². The van der Waals surface area contributed by atoms with Crippen molar-refractivity contribution in [1.29, 1.82) is 0 Å². The number of carboxylic acids is 1. The summed E-state index contributed by atoms with van der Waals surface area (Å²) in [6.07, 6.45) is 3.42. The molecule has 0 bridgehead atoms. The molecular weight excluding hydrogens is 316 g/mol. The van der Waals surface area contributed by atoms with Gasteiger partial charge in [-0.25, -0.2) is 0 Å². The van der Waals surface area contributed by atoms with E-state index >= 15 is 0 Å². The highest BCUT2D eigenvalue weighted by Crippen LogP contribution is 2.35. The average molecular weight is 344 g/mol. The molecule has 2 heterocycles. The Balaban J connectivity index is 1.63. The summed E-state index contributed by atoms with van der Waals surface area (Å²) < 4.78 is 0. The zero-order chi connectivity index (χ0) is 17.8. The van der Waals surface area contributed by atoms with Crippen LogP contribution >= 0.6 is 0 Å². The molecule has 0 aliphatic carbocycles. The second-order valence-electron chi connectivity index (χ2n) is 7.28. The normalized spacial score (nSPS) is 25.2. The second kappa shape index (κ2) is 8.00. The number of piperidine rings is 1. The Hall–Kier alpha value is -1.88. The van der Waals surface area contributed by atoms with Crippen molar-refractivity contribution in [1.82, 2.24) is 9.80 Å². The molecule has 0 aromatic heterocycles. The topological polar surface area (TPSA) is 60.9 Å². The van der Waals surface area contributed by atoms with Gasteiger partial charge in [-0.05, 0) is 24.8 Å². The SMILES string of the molecule is CCCC(=O)N1CCC(N2C[C@@H](C(=O)O)[C@H](c3ccccc3)C2)CC1. The lowest BCUT2D eigenvalue weighted by Gasteiger charge is -2.37. The van der Waals surface area contributed by atoms with Crippen molar-refractivity contribution < 1.29 is 14.7 Å². The molecule has 0 spiro atoms. The maximum atomic E-state index is 12.0. The summed E-state index contributed by atoms with van der Waals surface area (Å²) in [7, 11) is 0. The molecular formula is C20H28N2O3. The quantitative estimate of drug-likeness (QED) is 0.892. The fraction of sp³-hybridized carbons (Fsp3) is 0.600. The zero-order valence-corrected chi connectivity index (χ0v) is 14.9. The number of carbonyl (C=O) groups is 2. The van der Waals surface area contributed by atoms with Gasteiger partial charge in [0.15, 0.2) is 0 Å². The Kier molecular flexibility index (Phi) is 5.74. The Morgan fingerprint density at radius 3 is 2.40 bits per heavy atom. The fourth-order valence-electron chi connectivity index (χ4n) is 4.27. The van der Waals surface area contributed by atoms with E-state index in [-0.39, 0.29) is 17.7 Å². The Labute approximate surface area is 149 Å². The van der Waals surface area contributed by atoms with Crippen LogP contribution in [-0.4, -0.2) is 59.0 Å². The molecule has 2 saturated heterocycles. The van der Waals surface area contributed by atoms with Crippen LogP contribution in [0.15, 0.2) is 30.3 Å². The molecule has 2 atom stereocenters. The molecule has 2 aliphatic rings. The van der Waals surface area contributed by atoms with Gasteiger partial charge in [-0.1, -0.05) is 37.3 Å². The van der Waals surface area contributed by atoms with E-state index in [0.29, 0.717) is 19.0 Å². The summed E-state index contributed by atoms with van der Waals surface area (Å²) >= 11 is 0. The summed E-state index contributed by atoms with van der Waals surface area (Å²) in [6.45, 7) is 5.04. The molecule has 25 heavy (non-hydrogen) atoms. The van der Waals surface area contributed by atoms with Gasteiger partial charge >= 0.3 is 5.97 Å². The van der Waals surface area contributed by atoms with Crippen molar-refractivity contribution in [2.75, 3.05) is 26.2 Å². The molecule has 5 heteroatoms. The van der Waals surface area contributed by atoms with Gasteiger partial charge < -0.3 is 10.0 Å². The molecule has 0 saturated carbocycles. The monoisotopic (exact) mass is 344 g/mol. The highest BCUT2D eigenvalue weighted by molar-refractivity contribution is 5.76. The first-order valence-electron chi connectivity index (χ1n) is 9.39. The molecule has 0 unspecified atom stereocenters. The van der Waals surface area contributed by atoms with Crippen molar-refractivity contribution in [2.24, 2.45) is 5.92 Å². The third-order valence-corrected chi connectivity index (χ3v) is 5.69. The van der Waals surface area contributed by atoms with Gasteiger partial charge in [-0.15, -0.1) is 0 Å². The maximum Gasteiger partial charge on any atom is 0.308 e. The van der Waals surface area contributed by atoms with Crippen LogP contribution in [0.5, 0.6) is 0 Å². The zero-order valence-electron chi connectivity index (χ0n) is 14.9. The minimum atomic E-state index is -0.702. The van der Waals surface area contributed by atoms with Gasteiger partial charge in [-0.3, -0.25) is 14.5 Å². The van der Waals surface area contributed by atoms with E-state index in [1.165, 1.54) is 0 Å².